The molecular formula is C22H27N3O. The number of hydrogen-bond acceptors (Lipinski definition) is 3. The molecule has 4 rings (SSSR count). The van der Waals surface area contributed by atoms with Crippen LogP contribution in [-0.4, -0.2) is 49.6 Å². The second-order valence-electron chi connectivity index (χ2n) is 7.34. The second kappa shape index (κ2) is 7.50. The molecule has 2 unspecified atom stereocenters. The van der Waals surface area contributed by atoms with E-state index in [0.29, 0.717) is 0 Å². The molecule has 4 heteroatoms. The Morgan fingerprint density at radius 2 is 1.65 bits per heavy atom. The van der Waals surface area contributed by atoms with Gasteiger partial charge in [0.05, 0.1) is 6.04 Å². The summed E-state index contributed by atoms with van der Waals surface area (Å²) in [5.41, 5.74) is 3.86. The van der Waals surface area contributed by atoms with Gasteiger partial charge >= 0.3 is 0 Å². The van der Waals surface area contributed by atoms with Gasteiger partial charge in [0.2, 0.25) is 5.91 Å². The highest BCUT2D eigenvalue weighted by Gasteiger charge is 2.37. The SMILES string of the molecule is Cc1ccccc1N1CCN(C(=O)C2NCCC2c2ccccc2)CC1. The molecule has 2 aromatic carbocycles. The number of nitrogens with zero attached hydrogens (tertiary/aromatic N) is 2. The largest absolute Gasteiger partial charge is 0.368 e. The molecule has 0 saturated carbocycles. The first kappa shape index (κ1) is 17.1. The molecule has 2 heterocycles. The molecule has 0 spiro atoms. The van der Waals surface area contributed by atoms with Crippen LogP contribution in [0, 0.1) is 6.92 Å². The summed E-state index contributed by atoms with van der Waals surface area (Å²) in [4.78, 5) is 17.6. The van der Waals surface area contributed by atoms with Crippen molar-refractivity contribution in [3.05, 3.63) is 65.7 Å². The average molecular weight is 349 g/mol. The van der Waals surface area contributed by atoms with Gasteiger partial charge in [-0.2, -0.15) is 0 Å². The van der Waals surface area contributed by atoms with Gasteiger partial charge in [0.15, 0.2) is 0 Å². The van der Waals surface area contributed by atoms with Crippen LogP contribution < -0.4 is 10.2 Å². The molecule has 136 valence electrons. The number of anilines is 1. The average Bonchev–Trinajstić information content (AvgIpc) is 3.18. The lowest BCUT2D eigenvalue weighted by Crippen LogP contribution is -2.54. The van der Waals surface area contributed by atoms with Gasteiger partial charge in [-0.25, -0.2) is 0 Å². The topological polar surface area (TPSA) is 35.6 Å². The number of carbonyl (C=O) groups excluding carboxylic acids is 1. The van der Waals surface area contributed by atoms with Gasteiger partial charge in [0.25, 0.3) is 0 Å². The fourth-order valence-electron chi connectivity index (χ4n) is 4.30. The summed E-state index contributed by atoms with van der Waals surface area (Å²) in [6.07, 6.45) is 1.03. The van der Waals surface area contributed by atoms with Crippen LogP contribution in [0.25, 0.3) is 0 Å². The predicted molar refractivity (Wildman–Crippen MR) is 106 cm³/mol. The Morgan fingerprint density at radius 3 is 2.38 bits per heavy atom. The summed E-state index contributed by atoms with van der Waals surface area (Å²) in [6.45, 7) is 6.47. The van der Waals surface area contributed by atoms with Crippen molar-refractivity contribution < 1.29 is 4.79 Å². The van der Waals surface area contributed by atoms with E-state index < -0.39 is 0 Å². The third-order valence-corrected chi connectivity index (χ3v) is 5.76. The van der Waals surface area contributed by atoms with Crippen LogP contribution in [-0.2, 0) is 4.79 Å². The molecule has 2 saturated heterocycles. The molecule has 1 amide bonds. The maximum atomic E-state index is 13.1. The number of nitrogens with one attached hydrogen (secondary N) is 1. The Balaban J connectivity index is 1.41. The van der Waals surface area contributed by atoms with Crippen LogP contribution >= 0.6 is 0 Å². The van der Waals surface area contributed by atoms with Crippen LogP contribution in [0.4, 0.5) is 5.69 Å². The van der Waals surface area contributed by atoms with Crippen molar-refractivity contribution in [3.8, 4) is 0 Å². The summed E-state index contributed by atoms with van der Waals surface area (Å²) in [5.74, 6) is 0.555. The summed E-state index contributed by atoms with van der Waals surface area (Å²) < 4.78 is 0. The summed E-state index contributed by atoms with van der Waals surface area (Å²) in [5, 5.41) is 3.45. The van der Waals surface area contributed by atoms with E-state index in [4.69, 9.17) is 0 Å². The lowest BCUT2D eigenvalue weighted by Gasteiger charge is -2.38. The van der Waals surface area contributed by atoms with E-state index in [0.717, 1.165) is 39.1 Å². The Labute approximate surface area is 155 Å². The lowest BCUT2D eigenvalue weighted by atomic mass is 9.91. The van der Waals surface area contributed by atoms with Crippen molar-refractivity contribution >= 4 is 11.6 Å². The number of piperazine rings is 1. The van der Waals surface area contributed by atoms with E-state index in [-0.39, 0.29) is 17.9 Å². The molecule has 0 radical (unpaired) electrons. The summed E-state index contributed by atoms with van der Waals surface area (Å²) >= 11 is 0. The molecule has 2 aromatic rings. The van der Waals surface area contributed by atoms with Crippen molar-refractivity contribution in [3.63, 3.8) is 0 Å². The first-order chi connectivity index (χ1) is 12.7. The molecule has 0 aromatic heterocycles. The first-order valence-electron chi connectivity index (χ1n) is 9.62. The second-order valence-corrected chi connectivity index (χ2v) is 7.34. The van der Waals surface area contributed by atoms with Crippen LogP contribution in [0.2, 0.25) is 0 Å². The Kier molecular flexibility index (Phi) is 4.93. The van der Waals surface area contributed by atoms with Crippen LogP contribution in [0.3, 0.4) is 0 Å². The minimum atomic E-state index is -0.0811. The maximum Gasteiger partial charge on any atom is 0.240 e. The highest BCUT2D eigenvalue weighted by atomic mass is 16.2. The number of hydrogen-bond donors (Lipinski definition) is 1. The Morgan fingerprint density at radius 1 is 0.962 bits per heavy atom. The maximum absolute atomic E-state index is 13.1. The van der Waals surface area contributed by atoms with Gasteiger partial charge in [0.1, 0.15) is 0 Å². The molecule has 2 aliphatic heterocycles. The molecule has 0 bridgehead atoms. The quantitative estimate of drug-likeness (QED) is 0.926. The van der Waals surface area contributed by atoms with Crippen molar-refractivity contribution in [1.29, 1.82) is 0 Å². The van der Waals surface area contributed by atoms with E-state index in [1.165, 1.54) is 16.8 Å². The van der Waals surface area contributed by atoms with Crippen molar-refractivity contribution in [2.45, 2.75) is 25.3 Å². The predicted octanol–water partition coefficient (Wildman–Crippen LogP) is 2.79. The van der Waals surface area contributed by atoms with Crippen molar-refractivity contribution in [2.24, 2.45) is 0 Å². The van der Waals surface area contributed by atoms with Gasteiger partial charge in [-0.3, -0.25) is 4.79 Å². The van der Waals surface area contributed by atoms with Gasteiger partial charge in [-0.1, -0.05) is 48.5 Å². The Bertz CT molecular complexity index is 753. The van der Waals surface area contributed by atoms with Gasteiger partial charge in [-0.15, -0.1) is 0 Å². The van der Waals surface area contributed by atoms with E-state index in [1.807, 2.05) is 11.0 Å². The van der Waals surface area contributed by atoms with Gasteiger partial charge in [-0.05, 0) is 37.1 Å². The number of carbonyl (C=O) groups is 1. The van der Waals surface area contributed by atoms with Gasteiger partial charge in [0, 0.05) is 37.8 Å². The third kappa shape index (κ3) is 3.34. The third-order valence-electron chi connectivity index (χ3n) is 5.76. The monoisotopic (exact) mass is 349 g/mol. The fraction of sp³-hybridized carbons (Fsp3) is 0.409. The zero-order valence-corrected chi connectivity index (χ0v) is 15.4. The zero-order chi connectivity index (χ0) is 17.9. The van der Waals surface area contributed by atoms with Crippen LogP contribution in [0.1, 0.15) is 23.5 Å². The lowest BCUT2D eigenvalue weighted by molar-refractivity contribution is -0.133. The molecule has 4 nitrogen and oxygen atoms in total. The standard InChI is InChI=1S/C22H27N3O/c1-17-7-5-6-10-20(17)24-13-15-25(16-14-24)22(26)21-19(11-12-23-21)18-8-3-2-4-9-18/h2-10,19,21,23H,11-16H2,1H3. The zero-order valence-electron chi connectivity index (χ0n) is 15.4. The van der Waals surface area contributed by atoms with Crippen LogP contribution in [0.15, 0.2) is 54.6 Å². The molecule has 2 atom stereocenters. The summed E-state index contributed by atoms with van der Waals surface area (Å²) in [6, 6.07) is 18.9. The van der Waals surface area contributed by atoms with Crippen molar-refractivity contribution in [2.75, 3.05) is 37.6 Å². The van der Waals surface area contributed by atoms with Gasteiger partial charge < -0.3 is 15.1 Å². The first-order valence-corrected chi connectivity index (χ1v) is 9.62. The molecule has 1 N–H and O–H groups in total. The van der Waals surface area contributed by atoms with E-state index >= 15 is 0 Å². The minimum absolute atomic E-state index is 0.0811. The molecule has 0 aliphatic carbocycles. The molecule has 26 heavy (non-hydrogen) atoms. The fourth-order valence-corrected chi connectivity index (χ4v) is 4.30. The molecule has 2 aliphatic rings. The molecular weight excluding hydrogens is 322 g/mol. The number of aryl methyl sites for hydroxylation is 1. The Hall–Kier alpha value is -2.33. The number of rotatable bonds is 3. The minimum Gasteiger partial charge on any atom is -0.368 e. The van der Waals surface area contributed by atoms with Crippen molar-refractivity contribution in [1.82, 2.24) is 10.2 Å². The van der Waals surface area contributed by atoms with E-state index in [1.54, 1.807) is 0 Å². The highest BCUT2D eigenvalue weighted by Crippen LogP contribution is 2.29. The number of benzene rings is 2. The number of amides is 1. The van der Waals surface area contributed by atoms with E-state index in [9.17, 15) is 4.79 Å². The smallest absolute Gasteiger partial charge is 0.240 e. The van der Waals surface area contributed by atoms with Crippen LogP contribution in [0.5, 0.6) is 0 Å². The van der Waals surface area contributed by atoms with E-state index in [2.05, 4.69) is 65.7 Å². The summed E-state index contributed by atoms with van der Waals surface area (Å²) in [7, 11) is 0. The normalized spacial score (nSPS) is 23.3. The molecule has 2 fully saturated rings. The number of para-hydroxylation sites is 1. The highest BCUT2D eigenvalue weighted by molar-refractivity contribution is 5.84.